The first-order chi connectivity index (χ1) is 11.0. The van der Waals surface area contributed by atoms with Gasteiger partial charge in [-0.1, -0.05) is 11.6 Å². The number of nitrogens with zero attached hydrogens (tertiary/aromatic N) is 2. The summed E-state index contributed by atoms with van der Waals surface area (Å²) in [5.41, 5.74) is 1.16. The second-order valence-corrected chi connectivity index (χ2v) is 6.71. The van der Waals surface area contributed by atoms with Crippen LogP contribution in [0, 0.1) is 0 Å². The third kappa shape index (κ3) is 3.35. The van der Waals surface area contributed by atoms with Gasteiger partial charge in [-0.2, -0.15) is 0 Å². The number of hydrogen-bond acceptors (Lipinski definition) is 3. The van der Waals surface area contributed by atoms with Crippen LogP contribution < -0.4 is 4.90 Å². The van der Waals surface area contributed by atoms with E-state index in [1.807, 2.05) is 13.8 Å². The van der Waals surface area contributed by atoms with E-state index in [9.17, 15) is 9.59 Å². The van der Waals surface area contributed by atoms with E-state index in [4.69, 9.17) is 16.3 Å². The van der Waals surface area contributed by atoms with E-state index in [-0.39, 0.29) is 24.0 Å². The van der Waals surface area contributed by atoms with Crippen molar-refractivity contribution >= 4 is 29.1 Å². The van der Waals surface area contributed by atoms with E-state index in [2.05, 4.69) is 0 Å². The molecule has 2 atom stereocenters. The third-order valence-corrected chi connectivity index (χ3v) is 4.50. The summed E-state index contributed by atoms with van der Waals surface area (Å²) >= 11 is 6.10. The molecule has 1 aromatic rings. The number of amides is 2. The Hall–Kier alpha value is -1.59. The normalized spacial score (nSPS) is 25.1. The Morgan fingerprint density at radius 2 is 1.96 bits per heavy atom. The summed E-state index contributed by atoms with van der Waals surface area (Å²) < 4.78 is 5.69. The highest BCUT2D eigenvalue weighted by Crippen LogP contribution is 2.30. The van der Waals surface area contributed by atoms with Crippen LogP contribution in [-0.4, -0.2) is 48.6 Å². The molecule has 0 spiro atoms. The topological polar surface area (TPSA) is 49.9 Å². The Morgan fingerprint density at radius 3 is 2.57 bits per heavy atom. The van der Waals surface area contributed by atoms with Crippen molar-refractivity contribution in [3.8, 4) is 0 Å². The number of carbonyl (C=O) groups is 2. The van der Waals surface area contributed by atoms with Crippen molar-refractivity contribution in [2.75, 3.05) is 24.5 Å². The maximum absolute atomic E-state index is 13.0. The average molecular weight is 337 g/mol. The van der Waals surface area contributed by atoms with E-state index in [0.29, 0.717) is 42.3 Å². The summed E-state index contributed by atoms with van der Waals surface area (Å²) in [5, 5.41) is 0.528. The molecule has 0 N–H and O–H groups in total. The number of anilines is 1. The lowest BCUT2D eigenvalue weighted by atomic mass is 10.1. The fourth-order valence-corrected chi connectivity index (χ4v) is 3.49. The fraction of sp³-hybridized carbons (Fsp3) is 0.529. The molecule has 2 fully saturated rings. The molecule has 0 aromatic heterocycles. The molecule has 23 heavy (non-hydrogen) atoms. The number of ether oxygens (including phenoxy) is 1. The first kappa shape index (κ1) is 16.3. The molecular weight excluding hydrogens is 316 g/mol. The molecule has 6 heteroatoms. The Kier molecular flexibility index (Phi) is 4.60. The van der Waals surface area contributed by atoms with Crippen molar-refractivity contribution in [1.29, 1.82) is 0 Å². The summed E-state index contributed by atoms with van der Waals surface area (Å²) in [7, 11) is 0. The van der Waals surface area contributed by atoms with Gasteiger partial charge in [0, 0.05) is 31.1 Å². The molecule has 0 unspecified atom stereocenters. The van der Waals surface area contributed by atoms with E-state index >= 15 is 0 Å². The monoisotopic (exact) mass is 336 g/mol. The second kappa shape index (κ2) is 6.49. The molecule has 0 radical (unpaired) electrons. The van der Waals surface area contributed by atoms with E-state index < -0.39 is 0 Å². The van der Waals surface area contributed by atoms with Gasteiger partial charge in [0.2, 0.25) is 5.91 Å². The van der Waals surface area contributed by atoms with Gasteiger partial charge in [-0.15, -0.1) is 0 Å². The van der Waals surface area contributed by atoms with Gasteiger partial charge >= 0.3 is 0 Å². The quantitative estimate of drug-likeness (QED) is 0.834. The molecular formula is C17H21ClN2O3. The Balaban J connectivity index is 1.92. The summed E-state index contributed by atoms with van der Waals surface area (Å²) in [6, 6.07) is 5.13. The van der Waals surface area contributed by atoms with Crippen LogP contribution in [0.3, 0.4) is 0 Å². The zero-order valence-corrected chi connectivity index (χ0v) is 14.2. The van der Waals surface area contributed by atoms with Crippen LogP contribution in [0.25, 0.3) is 0 Å². The molecule has 2 amide bonds. The SMILES string of the molecule is C[C@@H]1CN(C(=O)c2ccc(Cl)cc2N2CCCC2=O)C[C@@H](C)O1. The van der Waals surface area contributed by atoms with Crippen LogP contribution in [-0.2, 0) is 9.53 Å². The van der Waals surface area contributed by atoms with E-state index in [0.717, 1.165) is 6.42 Å². The van der Waals surface area contributed by atoms with Gasteiger partial charge in [0.1, 0.15) is 0 Å². The van der Waals surface area contributed by atoms with Crippen molar-refractivity contribution in [3.63, 3.8) is 0 Å². The fourth-order valence-electron chi connectivity index (χ4n) is 3.33. The lowest BCUT2D eigenvalue weighted by Gasteiger charge is -2.36. The highest BCUT2D eigenvalue weighted by atomic mass is 35.5. The number of hydrogen-bond donors (Lipinski definition) is 0. The minimum atomic E-state index is -0.0710. The van der Waals surface area contributed by atoms with E-state index in [1.54, 1.807) is 28.0 Å². The van der Waals surface area contributed by atoms with Crippen molar-refractivity contribution in [1.82, 2.24) is 4.90 Å². The molecule has 0 saturated carbocycles. The van der Waals surface area contributed by atoms with Crippen LogP contribution in [0.2, 0.25) is 5.02 Å². The molecule has 124 valence electrons. The van der Waals surface area contributed by atoms with Gasteiger partial charge in [-0.3, -0.25) is 9.59 Å². The third-order valence-electron chi connectivity index (χ3n) is 4.26. The van der Waals surface area contributed by atoms with Gasteiger partial charge in [-0.05, 0) is 38.5 Å². The highest BCUT2D eigenvalue weighted by Gasteiger charge is 2.31. The maximum atomic E-state index is 13.0. The van der Waals surface area contributed by atoms with Crippen molar-refractivity contribution in [2.45, 2.75) is 38.9 Å². The highest BCUT2D eigenvalue weighted by molar-refractivity contribution is 6.31. The zero-order chi connectivity index (χ0) is 16.6. The minimum absolute atomic E-state index is 0.00636. The molecule has 1 aromatic carbocycles. The van der Waals surface area contributed by atoms with Gasteiger partial charge in [-0.25, -0.2) is 0 Å². The largest absolute Gasteiger partial charge is 0.372 e. The molecule has 5 nitrogen and oxygen atoms in total. The Morgan fingerprint density at radius 1 is 1.26 bits per heavy atom. The van der Waals surface area contributed by atoms with Gasteiger partial charge in [0.25, 0.3) is 5.91 Å². The van der Waals surface area contributed by atoms with Crippen LogP contribution in [0.5, 0.6) is 0 Å². The van der Waals surface area contributed by atoms with Gasteiger partial charge in [0.05, 0.1) is 23.5 Å². The number of halogens is 1. The summed E-state index contributed by atoms with van der Waals surface area (Å²) in [6.07, 6.45) is 1.34. The van der Waals surface area contributed by atoms with Crippen molar-refractivity contribution in [2.24, 2.45) is 0 Å². The maximum Gasteiger partial charge on any atom is 0.256 e. The van der Waals surface area contributed by atoms with Crippen LogP contribution in [0.4, 0.5) is 5.69 Å². The standard InChI is InChI=1S/C17H21ClN2O3/c1-11-9-19(10-12(2)23-11)17(22)14-6-5-13(18)8-15(14)20-7-3-4-16(20)21/h5-6,8,11-12H,3-4,7,9-10H2,1-2H3/t11-,12-/m1/s1. The first-order valence-electron chi connectivity index (χ1n) is 8.00. The van der Waals surface area contributed by atoms with Gasteiger partial charge < -0.3 is 14.5 Å². The molecule has 0 aliphatic carbocycles. The van der Waals surface area contributed by atoms with Crippen LogP contribution in [0.1, 0.15) is 37.0 Å². The smallest absolute Gasteiger partial charge is 0.256 e. The zero-order valence-electron chi connectivity index (χ0n) is 13.4. The predicted molar refractivity (Wildman–Crippen MR) is 89.0 cm³/mol. The molecule has 3 rings (SSSR count). The Bertz CT molecular complexity index is 624. The average Bonchev–Trinajstić information content (AvgIpc) is 2.91. The minimum Gasteiger partial charge on any atom is -0.372 e. The number of carbonyl (C=O) groups excluding carboxylic acids is 2. The molecule has 0 bridgehead atoms. The van der Waals surface area contributed by atoms with E-state index in [1.165, 1.54) is 0 Å². The molecule has 2 heterocycles. The number of rotatable bonds is 2. The molecule has 2 aliphatic heterocycles. The molecule has 2 saturated heterocycles. The summed E-state index contributed by atoms with van der Waals surface area (Å²) in [6.45, 7) is 5.67. The lowest BCUT2D eigenvalue weighted by molar-refractivity contribution is -0.117. The Labute approximate surface area is 141 Å². The van der Waals surface area contributed by atoms with Crippen molar-refractivity contribution in [3.05, 3.63) is 28.8 Å². The van der Waals surface area contributed by atoms with Crippen LogP contribution in [0.15, 0.2) is 18.2 Å². The van der Waals surface area contributed by atoms with Crippen molar-refractivity contribution < 1.29 is 14.3 Å². The predicted octanol–water partition coefficient (Wildman–Crippen LogP) is 2.72. The summed E-state index contributed by atoms with van der Waals surface area (Å²) in [4.78, 5) is 28.5. The number of morpholine rings is 1. The van der Waals surface area contributed by atoms with Crippen LogP contribution >= 0.6 is 11.6 Å². The summed E-state index contributed by atoms with van der Waals surface area (Å²) in [5.74, 6) is -0.0246. The van der Waals surface area contributed by atoms with Gasteiger partial charge in [0.15, 0.2) is 0 Å². The molecule has 2 aliphatic rings. The second-order valence-electron chi connectivity index (χ2n) is 6.28. The first-order valence-corrected chi connectivity index (χ1v) is 8.38. The number of benzene rings is 1. The lowest BCUT2D eigenvalue weighted by Crippen LogP contribution is -2.48.